The predicted octanol–water partition coefficient (Wildman–Crippen LogP) is 3.20. The Morgan fingerprint density at radius 1 is 1.14 bits per heavy atom. The molecule has 0 fully saturated rings. The molecule has 0 bridgehead atoms. The summed E-state index contributed by atoms with van der Waals surface area (Å²) < 4.78 is 36.9. The average Bonchev–Trinajstić information content (AvgIpc) is 2.69. The Hall–Kier alpha value is -2.26. The van der Waals surface area contributed by atoms with Crippen LogP contribution in [-0.4, -0.2) is 47.4 Å². The fourth-order valence-electron chi connectivity index (χ4n) is 2.64. The van der Waals surface area contributed by atoms with Gasteiger partial charge in [-0.25, -0.2) is 8.42 Å². The number of nitrogens with zero attached hydrogens (tertiary/aromatic N) is 1. The van der Waals surface area contributed by atoms with Gasteiger partial charge in [-0.2, -0.15) is 0 Å². The third-order valence-electron chi connectivity index (χ3n) is 4.02. The number of ether oxygens (including phenoxy) is 2. The molecule has 0 unspecified atom stereocenters. The minimum absolute atomic E-state index is 0.153. The smallest absolute Gasteiger partial charge is 0.232 e. The molecule has 2 aromatic rings. The van der Waals surface area contributed by atoms with Gasteiger partial charge in [-0.1, -0.05) is 18.2 Å². The number of amides is 1. The van der Waals surface area contributed by atoms with E-state index in [9.17, 15) is 13.2 Å². The standard InChI is InChI=1S/C20H25BrN2O5S/c1-27-16-7-5-8-17(15-16)28-14-12-22-20(24)11-6-13-23(29(2,25)26)19-10-4-3-9-18(19)21/h3-5,7-10,15H,6,11-14H2,1-2H3,(H,22,24). The molecule has 2 aromatic carbocycles. The van der Waals surface area contributed by atoms with Crippen LogP contribution in [0.15, 0.2) is 53.0 Å². The van der Waals surface area contributed by atoms with Crippen molar-refractivity contribution in [1.29, 1.82) is 0 Å². The fraction of sp³-hybridized carbons (Fsp3) is 0.350. The third kappa shape index (κ3) is 7.58. The lowest BCUT2D eigenvalue weighted by atomic mass is 10.2. The van der Waals surface area contributed by atoms with Gasteiger partial charge in [0.25, 0.3) is 0 Å². The number of benzene rings is 2. The minimum atomic E-state index is -3.45. The predicted molar refractivity (Wildman–Crippen MR) is 117 cm³/mol. The van der Waals surface area contributed by atoms with Crippen LogP contribution in [0.25, 0.3) is 0 Å². The first-order valence-electron chi connectivity index (χ1n) is 9.07. The first-order valence-corrected chi connectivity index (χ1v) is 11.7. The highest BCUT2D eigenvalue weighted by Crippen LogP contribution is 2.27. The Bertz CT molecular complexity index is 921. The molecule has 0 saturated heterocycles. The number of carbonyl (C=O) groups is 1. The number of nitrogens with one attached hydrogen (secondary N) is 1. The summed E-state index contributed by atoms with van der Waals surface area (Å²) in [5.41, 5.74) is 0.557. The van der Waals surface area contributed by atoms with Crippen LogP contribution in [-0.2, 0) is 14.8 Å². The SMILES string of the molecule is COc1cccc(OCCNC(=O)CCCN(c2ccccc2Br)S(C)(=O)=O)c1. The van der Waals surface area contributed by atoms with E-state index in [0.717, 1.165) is 6.26 Å². The van der Waals surface area contributed by atoms with Gasteiger partial charge in [0.05, 0.1) is 25.6 Å². The average molecular weight is 485 g/mol. The fourth-order valence-corrected chi connectivity index (χ4v) is 4.23. The van der Waals surface area contributed by atoms with E-state index in [4.69, 9.17) is 9.47 Å². The van der Waals surface area contributed by atoms with Crippen molar-refractivity contribution in [3.8, 4) is 11.5 Å². The molecule has 0 aliphatic carbocycles. The molecule has 0 aromatic heterocycles. The van der Waals surface area contributed by atoms with Gasteiger partial charge in [0, 0.05) is 23.5 Å². The molecule has 0 saturated carbocycles. The van der Waals surface area contributed by atoms with Crippen molar-refractivity contribution in [3.05, 3.63) is 53.0 Å². The summed E-state index contributed by atoms with van der Waals surface area (Å²) >= 11 is 3.37. The molecular formula is C20H25BrN2O5S. The van der Waals surface area contributed by atoms with E-state index in [0.29, 0.717) is 41.2 Å². The number of para-hydroxylation sites is 1. The lowest BCUT2D eigenvalue weighted by Gasteiger charge is -2.23. The summed E-state index contributed by atoms with van der Waals surface area (Å²) in [5, 5.41) is 2.77. The van der Waals surface area contributed by atoms with Gasteiger partial charge in [0.1, 0.15) is 18.1 Å². The number of hydrogen-bond donors (Lipinski definition) is 1. The summed E-state index contributed by atoms with van der Waals surface area (Å²) in [6.07, 6.45) is 1.77. The quantitative estimate of drug-likeness (QED) is 0.495. The van der Waals surface area contributed by atoms with Crippen LogP contribution in [0.4, 0.5) is 5.69 Å². The number of hydrogen-bond acceptors (Lipinski definition) is 5. The highest BCUT2D eigenvalue weighted by Gasteiger charge is 2.19. The Morgan fingerprint density at radius 3 is 2.55 bits per heavy atom. The van der Waals surface area contributed by atoms with Crippen molar-refractivity contribution >= 4 is 37.5 Å². The second-order valence-electron chi connectivity index (χ2n) is 6.27. The third-order valence-corrected chi connectivity index (χ3v) is 5.87. The van der Waals surface area contributed by atoms with Crippen molar-refractivity contribution in [2.75, 3.05) is 37.4 Å². The van der Waals surface area contributed by atoms with E-state index >= 15 is 0 Å². The summed E-state index contributed by atoms with van der Waals surface area (Å²) in [6, 6.07) is 14.3. The molecular weight excluding hydrogens is 460 g/mol. The molecule has 1 amide bonds. The van der Waals surface area contributed by atoms with E-state index in [1.807, 2.05) is 24.3 Å². The van der Waals surface area contributed by atoms with Crippen LogP contribution in [0.5, 0.6) is 11.5 Å². The van der Waals surface area contributed by atoms with E-state index in [1.54, 1.807) is 31.4 Å². The summed E-state index contributed by atoms with van der Waals surface area (Å²) in [5.74, 6) is 1.21. The van der Waals surface area contributed by atoms with Crippen molar-refractivity contribution in [2.45, 2.75) is 12.8 Å². The maximum Gasteiger partial charge on any atom is 0.232 e. The molecule has 29 heavy (non-hydrogen) atoms. The first-order chi connectivity index (χ1) is 13.8. The van der Waals surface area contributed by atoms with Gasteiger partial charge in [0.15, 0.2) is 0 Å². The molecule has 0 heterocycles. The van der Waals surface area contributed by atoms with E-state index < -0.39 is 10.0 Å². The van der Waals surface area contributed by atoms with Gasteiger partial charge in [-0.05, 0) is 46.6 Å². The Balaban J connectivity index is 1.75. The number of halogens is 1. The summed E-state index contributed by atoms with van der Waals surface area (Å²) in [6.45, 7) is 0.899. The molecule has 0 atom stereocenters. The number of anilines is 1. The van der Waals surface area contributed by atoms with Crippen LogP contribution in [0.1, 0.15) is 12.8 Å². The Morgan fingerprint density at radius 2 is 1.86 bits per heavy atom. The number of rotatable bonds is 11. The van der Waals surface area contributed by atoms with Crippen molar-refractivity contribution < 1.29 is 22.7 Å². The zero-order valence-electron chi connectivity index (χ0n) is 16.4. The minimum Gasteiger partial charge on any atom is -0.497 e. The first kappa shape index (κ1) is 23.0. The zero-order chi connectivity index (χ0) is 21.3. The van der Waals surface area contributed by atoms with Crippen LogP contribution in [0.3, 0.4) is 0 Å². The largest absolute Gasteiger partial charge is 0.497 e. The molecule has 158 valence electrons. The molecule has 0 aliphatic rings. The van der Waals surface area contributed by atoms with Gasteiger partial charge in [-0.15, -0.1) is 0 Å². The lowest BCUT2D eigenvalue weighted by molar-refractivity contribution is -0.121. The zero-order valence-corrected chi connectivity index (χ0v) is 18.8. The molecule has 1 N–H and O–H groups in total. The van der Waals surface area contributed by atoms with Crippen LogP contribution >= 0.6 is 15.9 Å². The maximum absolute atomic E-state index is 12.1. The van der Waals surface area contributed by atoms with Crippen molar-refractivity contribution in [1.82, 2.24) is 5.32 Å². The van der Waals surface area contributed by atoms with Crippen molar-refractivity contribution in [3.63, 3.8) is 0 Å². The van der Waals surface area contributed by atoms with E-state index in [-0.39, 0.29) is 18.9 Å². The second-order valence-corrected chi connectivity index (χ2v) is 9.03. The topological polar surface area (TPSA) is 84.9 Å². The Kier molecular flexibility index (Phi) is 8.78. The summed E-state index contributed by atoms with van der Waals surface area (Å²) in [7, 11) is -1.87. The molecule has 0 spiro atoms. The van der Waals surface area contributed by atoms with E-state index in [2.05, 4.69) is 21.2 Å². The monoisotopic (exact) mass is 484 g/mol. The van der Waals surface area contributed by atoms with Crippen LogP contribution < -0.4 is 19.1 Å². The van der Waals surface area contributed by atoms with Gasteiger partial charge < -0.3 is 14.8 Å². The highest BCUT2D eigenvalue weighted by atomic mass is 79.9. The molecule has 9 heteroatoms. The number of methoxy groups -OCH3 is 1. The molecule has 0 aliphatic heterocycles. The van der Waals surface area contributed by atoms with Gasteiger partial charge in [0.2, 0.25) is 15.9 Å². The number of carbonyl (C=O) groups excluding carboxylic acids is 1. The van der Waals surface area contributed by atoms with E-state index in [1.165, 1.54) is 4.31 Å². The molecule has 0 radical (unpaired) electrons. The second kappa shape index (κ2) is 11.1. The number of sulfonamides is 1. The van der Waals surface area contributed by atoms with Crippen molar-refractivity contribution in [2.24, 2.45) is 0 Å². The van der Waals surface area contributed by atoms with Crippen LogP contribution in [0, 0.1) is 0 Å². The highest BCUT2D eigenvalue weighted by molar-refractivity contribution is 9.10. The maximum atomic E-state index is 12.1. The Labute approximate surface area is 180 Å². The molecule has 2 rings (SSSR count). The summed E-state index contributed by atoms with van der Waals surface area (Å²) in [4.78, 5) is 12.0. The molecule has 7 nitrogen and oxygen atoms in total. The van der Waals surface area contributed by atoms with Crippen LogP contribution in [0.2, 0.25) is 0 Å². The lowest BCUT2D eigenvalue weighted by Crippen LogP contribution is -2.33. The van der Waals surface area contributed by atoms with Gasteiger partial charge >= 0.3 is 0 Å². The normalized spacial score (nSPS) is 11.0. The van der Waals surface area contributed by atoms with Gasteiger partial charge in [-0.3, -0.25) is 9.10 Å².